The fourth-order valence-corrected chi connectivity index (χ4v) is 4.75. The number of anilines is 1. The summed E-state index contributed by atoms with van der Waals surface area (Å²) in [7, 11) is 1.68. The number of aromatic nitrogens is 1. The van der Waals surface area contributed by atoms with Crippen LogP contribution in [0, 0.1) is 6.92 Å². The van der Waals surface area contributed by atoms with Crippen LogP contribution in [0.2, 0.25) is 0 Å². The SMILES string of the molecule is COc1ccc2[nH]c(C)c(C3CCN(C(=O)c4ccc5c(c4)NC(=O)CO5)CC3)c2c1. The number of methoxy groups -OCH3 is 1. The summed E-state index contributed by atoms with van der Waals surface area (Å²) in [5.74, 6) is 1.62. The van der Waals surface area contributed by atoms with E-state index in [2.05, 4.69) is 29.4 Å². The molecule has 3 heterocycles. The number of aryl methyl sites for hydroxylation is 1. The van der Waals surface area contributed by atoms with Gasteiger partial charge in [0.05, 0.1) is 12.8 Å². The zero-order chi connectivity index (χ0) is 21.5. The lowest BCUT2D eigenvalue weighted by Gasteiger charge is -2.32. The zero-order valence-electron chi connectivity index (χ0n) is 17.7. The molecule has 1 aromatic heterocycles. The number of amides is 2. The van der Waals surface area contributed by atoms with Crippen molar-refractivity contribution in [3.8, 4) is 11.5 Å². The quantitative estimate of drug-likeness (QED) is 0.676. The number of fused-ring (bicyclic) bond motifs is 2. The first-order valence-corrected chi connectivity index (χ1v) is 10.6. The predicted octanol–water partition coefficient (Wildman–Crippen LogP) is 3.84. The van der Waals surface area contributed by atoms with Crippen LogP contribution in [0.5, 0.6) is 11.5 Å². The van der Waals surface area contributed by atoms with Crippen LogP contribution < -0.4 is 14.8 Å². The maximum absolute atomic E-state index is 13.1. The number of H-pyrrole nitrogens is 1. The number of benzene rings is 2. The Bertz CT molecular complexity index is 1180. The maximum atomic E-state index is 13.1. The van der Waals surface area contributed by atoms with E-state index in [9.17, 15) is 9.59 Å². The van der Waals surface area contributed by atoms with Crippen molar-refractivity contribution >= 4 is 28.4 Å². The van der Waals surface area contributed by atoms with Crippen LogP contribution in [0.25, 0.3) is 10.9 Å². The van der Waals surface area contributed by atoms with Crippen LogP contribution in [0.3, 0.4) is 0 Å². The lowest BCUT2D eigenvalue weighted by Crippen LogP contribution is -2.38. The van der Waals surface area contributed by atoms with E-state index in [1.54, 1.807) is 25.3 Å². The summed E-state index contributed by atoms with van der Waals surface area (Å²) in [4.78, 5) is 30.0. The van der Waals surface area contributed by atoms with Gasteiger partial charge in [0.2, 0.25) is 0 Å². The van der Waals surface area contributed by atoms with E-state index in [4.69, 9.17) is 9.47 Å². The molecule has 7 heteroatoms. The Morgan fingerprint density at radius 1 is 1.16 bits per heavy atom. The molecule has 3 aromatic rings. The number of nitrogens with zero attached hydrogens (tertiary/aromatic N) is 1. The van der Waals surface area contributed by atoms with Crippen molar-refractivity contribution in [1.82, 2.24) is 9.88 Å². The van der Waals surface area contributed by atoms with Crippen molar-refractivity contribution in [2.24, 2.45) is 0 Å². The van der Waals surface area contributed by atoms with Crippen molar-refractivity contribution in [3.05, 3.63) is 53.2 Å². The Kier molecular flexibility index (Phi) is 4.81. The summed E-state index contributed by atoms with van der Waals surface area (Å²) >= 11 is 0. The van der Waals surface area contributed by atoms with Gasteiger partial charge in [0.15, 0.2) is 6.61 Å². The predicted molar refractivity (Wildman–Crippen MR) is 118 cm³/mol. The molecule has 2 aliphatic heterocycles. The molecule has 0 radical (unpaired) electrons. The molecule has 2 N–H and O–H groups in total. The topological polar surface area (TPSA) is 83.7 Å². The van der Waals surface area contributed by atoms with Gasteiger partial charge in [0.1, 0.15) is 11.5 Å². The lowest BCUT2D eigenvalue weighted by atomic mass is 9.87. The minimum absolute atomic E-state index is 0.00688. The number of hydrogen-bond donors (Lipinski definition) is 2. The molecular formula is C24H25N3O4. The molecule has 5 rings (SSSR count). The first-order valence-electron chi connectivity index (χ1n) is 10.6. The monoisotopic (exact) mass is 419 g/mol. The number of rotatable bonds is 3. The highest BCUT2D eigenvalue weighted by Crippen LogP contribution is 2.37. The molecule has 0 atom stereocenters. The van der Waals surface area contributed by atoms with Gasteiger partial charge in [-0.2, -0.15) is 0 Å². The molecule has 31 heavy (non-hydrogen) atoms. The largest absolute Gasteiger partial charge is 0.497 e. The smallest absolute Gasteiger partial charge is 0.262 e. The van der Waals surface area contributed by atoms with Crippen molar-refractivity contribution < 1.29 is 19.1 Å². The van der Waals surface area contributed by atoms with Gasteiger partial charge in [-0.05, 0) is 67.6 Å². The van der Waals surface area contributed by atoms with E-state index in [1.165, 1.54) is 16.6 Å². The summed E-state index contributed by atoms with van der Waals surface area (Å²) < 4.78 is 10.8. The maximum Gasteiger partial charge on any atom is 0.262 e. The Labute approximate surface area is 180 Å². The summed E-state index contributed by atoms with van der Waals surface area (Å²) in [6.07, 6.45) is 1.81. The fourth-order valence-electron chi connectivity index (χ4n) is 4.75. The van der Waals surface area contributed by atoms with Crippen molar-refractivity contribution in [2.75, 3.05) is 32.1 Å². The molecule has 1 saturated heterocycles. The molecule has 0 saturated carbocycles. The average Bonchev–Trinajstić information content (AvgIpc) is 3.12. The summed E-state index contributed by atoms with van der Waals surface area (Å²) in [6.45, 7) is 3.51. The van der Waals surface area contributed by atoms with Crippen LogP contribution in [0.4, 0.5) is 5.69 Å². The van der Waals surface area contributed by atoms with Crippen LogP contribution in [0.15, 0.2) is 36.4 Å². The Balaban J connectivity index is 1.32. The number of likely N-dealkylation sites (tertiary alicyclic amines) is 1. The Morgan fingerprint density at radius 3 is 2.74 bits per heavy atom. The lowest BCUT2D eigenvalue weighted by molar-refractivity contribution is -0.118. The van der Waals surface area contributed by atoms with E-state index in [1.807, 2.05) is 11.0 Å². The number of nitrogens with one attached hydrogen (secondary N) is 2. The molecule has 2 aliphatic rings. The van der Waals surface area contributed by atoms with Crippen LogP contribution in [-0.2, 0) is 4.79 Å². The van der Waals surface area contributed by atoms with E-state index < -0.39 is 0 Å². The van der Waals surface area contributed by atoms with E-state index in [0.717, 1.165) is 24.1 Å². The van der Waals surface area contributed by atoms with Gasteiger partial charge in [-0.1, -0.05) is 0 Å². The summed E-state index contributed by atoms with van der Waals surface area (Å²) in [6, 6.07) is 11.3. The second-order valence-corrected chi connectivity index (χ2v) is 8.19. The van der Waals surface area contributed by atoms with E-state index in [0.29, 0.717) is 36.0 Å². The molecular weight excluding hydrogens is 394 g/mol. The number of ether oxygens (including phenoxy) is 2. The first-order chi connectivity index (χ1) is 15.0. The second-order valence-electron chi connectivity index (χ2n) is 8.19. The molecule has 7 nitrogen and oxygen atoms in total. The third kappa shape index (κ3) is 3.50. The normalized spacial score (nSPS) is 16.6. The second kappa shape index (κ2) is 7.65. The Morgan fingerprint density at radius 2 is 1.97 bits per heavy atom. The number of piperidine rings is 1. The number of carbonyl (C=O) groups is 2. The van der Waals surface area contributed by atoms with Gasteiger partial charge in [-0.3, -0.25) is 9.59 Å². The highest BCUT2D eigenvalue weighted by Gasteiger charge is 2.28. The number of hydrogen-bond acceptors (Lipinski definition) is 4. The first kappa shape index (κ1) is 19.5. The average molecular weight is 419 g/mol. The minimum Gasteiger partial charge on any atom is -0.497 e. The third-order valence-electron chi connectivity index (χ3n) is 6.29. The molecule has 0 aliphatic carbocycles. The molecule has 160 valence electrons. The van der Waals surface area contributed by atoms with E-state index >= 15 is 0 Å². The van der Waals surface area contributed by atoms with Crippen molar-refractivity contribution in [2.45, 2.75) is 25.7 Å². The molecule has 2 aromatic carbocycles. The number of carbonyl (C=O) groups excluding carboxylic acids is 2. The van der Waals surface area contributed by atoms with E-state index in [-0.39, 0.29) is 18.4 Å². The highest BCUT2D eigenvalue weighted by atomic mass is 16.5. The van der Waals surface area contributed by atoms with Crippen molar-refractivity contribution in [1.29, 1.82) is 0 Å². The van der Waals surface area contributed by atoms with Gasteiger partial charge in [0, 0.05) is 35.2 Å². The molecule has 2 amide bonds. The van der Waals surface area contributed by atoms with Gasteiger partial charge < -0.3 is 24.7 Å². The standard InChI is InChI=1S/C24H25N3O4/c1-14-23(18-12-17(30-2)4-5-19(18)25-14)15-7-9-27(10-8-15)24(29)16-3-6-21-20(11-16)26-22(28)13-31-21/h3-6,11-12,15,25H,7-10,13H2,1-2H3,(H,26,28). The van der Waals surface area contributed by atoms with Crippen LogP contribution in [0.1, 0.15) is 40.4 Å². The van der Waals surface area contributed by atoms with Crippen LogP contribution in [-0.4, -0.2) is 48.5 Å². The van der Waals surface area contributed by atoms with Gasteiger partial charge in [0.25, 0.3) is 11.8 Å². The summed E-state index contributed by atoms with van der Waals surface area (Å²) in [5, 5.41) is 3.97. The Hall–Kier alpha value is -3.48. The van der Waals surface area contributed by atoms with Gasteiger partial charge in [-0.15, -0.1) is 0 Å². The molecule has 1 fully saturated rings. The van der Waals surface area contributed by atoms with Crippen LogP contribution >= 0.6 is 0 Å². The molecule has 0 bridgehead atoms. The summed E-state index contributed by atoms with van der Waals surface area (Å²) in [5.41, 5.74) is 4.74. The third-order valence-corrected chi connectivity index (χ3v) is 6.29. The minimum atomic E-state index is -0.205. The van der Waals surface area contributed by atoms with Crippen molar-refractivity contribution in [3.63, 3.8) is 0 Å². The number of aromatic amines is 1. The molecule has 0 unspecified atom stereocenters. The van der Waals surface area contributed by atoms with Gasteiger partial charge in [-0.25, -0.2) is 0 Å². The highest BCUT2D eigenvalue weighted by molar-refractivity contribution is 6.00. The molecule has 0 spiro atoms. The fraction of sp³-hybridized carbons (Fsp3) is 0.333. The zero-order valence-corrected chi connectivity index (χ0v) is 17.7. The van der Waals surface area contributed by atoms with Gasteiger partial charge >= 0.3 is 0 Å².